The van der Waals surface area contributed by atoms with Crippen LogP contribution in [-0.2, 0) is 0 Å². The molecule has 0 spiro atoms. The molecule has 0 aliphatic rings. The molecule has 5 heteroatoms. The lowest BCUT2D eigenvalue weighted by atomic mass is 10.3. The Morgan fingerprint density at radius 3 is 0.745 bits per heavy atom. The van der Waals surface area contributed by atoms with E-state index in [1.807, 2.05) is 0 Å². The van der Waals surface area contributed by atoms with E-state index in [0.29, 0.717) is 0 Å². The smallest absolute Gasteiger partial charge is 0.155 e. The van der Waals surface area contributed by atoms with Crippen molar-refractivity contribution in [1.29, 1.82) is 0 Å². The zero-order valence-corrected chi connectivity index (χ0v) is 29.4. The van der Waals surface area contributed by atoms with Gasteiger partial charge in [-0.15, -0.1) is 20.1 Å². The highest BCUT2D eigenvalue weighted by Crippen LogP contribution is 2.74. The highest BCUT2D eigenvalue weighted by Gasteiger charge is 2.37. The molecule has 0 fully saturated rings. The number of furan rings is 1. The van der Waals surface area contributed by atoms with Crippen molar-refractivity contribution in [3.63, 3.8) is 0 Å². The number of fused-ring (bicyclic) bond motifs is 3. The lowest BCUT2D eigenvalue weighted by Gasteiger charge is -2.41. The van der Waals surface area contributed by atoms with Crippen LogP contribution in [0.3, 0.4) is 0 Å². The standard InChI is InChI=1S/C46H34N2OS2/c1-7-19-35(20-8-1)50(36-21-9-2-10-22-36,37-23-11-3-12-24-37)43-33-31-41-45(47-43)46-42(49-41)32-34-44(48-46)51(38-25-13-4-14-26-38,39-27-15-5-16-28-39)40-29-17-6-18-30-40/h1-34H. The number of nitrogens with zero attached hydrogens (tertiary/aromatic N) is 2. The number of pyridine rings is 2. The van der Waals surface area contributed by atoms with Gasteiger partial charge in [-0.1, -0.05) is 109 Å². The monoisotopic (exact) mass is 694 g/mol. The summed E-state index contributed by atoms with van der Waals surface area (Å²) in [5.41, 5.74) is 2.99. The first-order chi connectivity index (χ1) is 25.3. The zero-order valence-electron chi connectivity index (χ0n) is 27.7. The first-order valence-corrected chi connectivity index (χ1v) is 20.2. The molecule has 3 nitrogen and oxygen atoms in total. The zero-order chi connectivity index (χ0) is 34.1. The molecule has 0 saturated heterocycles. The fourth-order valence-corrected chi connectivity index (χ4v) is 14.6. The quantitative estimate of drug-likeness (QED) is 0.159. The normalized spacial score (nSPS) is 12.5. The SMILES string of the molecule is c1ccc(S(c2ccccc2)(c2ccccc2)c2ccc3oc4ccc(S(c5ccccc5)(c5ccccc5)c5ccccc5)nc4c3n2)cc1. The predicted molar refractivity (Wildman–Crippen MR) is 209 cm³/mol. The van der Waals surface area contributed by atoms with E-state index in [2.05, 4.69) is 206 Å². The molecule has 3 heterocycles. The van der Waals surface area contributed by atoms with Gasteiger partial charge in [0.05, 0.1) is 10.1 Å². The maximum absolute atomic E-state index is 6.52. The van der Waals surface area contributed by atoms with Gasteiger partial charge in [0.2, 0.25) is 0 Å². The fourth-order valence-electron chi connectivity index (χ4n) is 7.11. The van der Waals surface area contributed by atoms with Crippen molar-refractivity contribution in [2.24, 2.45) is 0 Å². The summed E-state index contributed by atoms with van der Waals surface area (Å²) in [6.07, 6.45) is 0. The van der Waals surface area contributed by atoms with Gasteiger partial charge in [-0.2, -0.15) is 0 Å². The van der Waals surface area contributed by atoms with E-state index in [1.165, 1.54) is 29.4 Å². The summed E-state index contributed by atoms with van der Waals surface area (Å²) in [6.45, 7) is 0. The van der Waals surface area contributed by atoms with Crippen LogP contribution >= 0.6 is 20.1 Å². The number of hydrogen-bond donors (Lipinski definition) is 0. The van der Waals surface area contributed by atoms with E-state index in [9.17, 15) is 0 Å². The largest absolute Gasteiger partial charge is 0.453 e. The summed E-state index contributed by atoms with van der Waals surface area (Å²) in [5.74, 6) is 0. The number of aromatic nitrogens is 2. The third-order valence-electron chi connectivity index (χ3n) is 9.32. The minimum atomic E-state index is -1.99. The second kappa shape index (κ2) is 13.1. The summed E-state index contributed by atoms with van der Waals surface area (Å²) < 4.78 is 6.52. The molecule has 9 aromatic rings. The van der Waals surface area contributed by atoms with Gasteiger partial charge in [-0.05, 0) is 97.1 Å². The van der Waals surface area contributed by atoms with Gasteiger partial charge in [-0.3, -0.25) is 0 Å². The van der Waals surface area contributed by atoms with Crippen molar-refractivity contribution >= 4 is 42.3 Å². The molecule has 0 amide bonds. The average molecular weight is 695 g/mol. The van der Waals surface area contributed by atoms with Crippen molar-refractivity contribution in [2.75, 3.05) is 0 Å². The van der Waals surface area contributed by atoms with Crippen molar-refractivity contribution in [3.05, 3.63) is 206 Å². The molecule has 0 aliphatic heterocycles. The molecule has 51 heavy (non-hydrogen) atoms. The van der Waals surface area contributed by atoms with Crippen LogP contribution in [0.5, 0.6) is 0 Å². The van der Waals surface area contributed by atoms with E-state index in [0.717, 1.165) is 32.3 Å². The highest BCUT2D eigenvalue weighted by atomic mass is 32.3. The molecule has 9 rings (SSSR count). The summed E-state index contributed by atoms with van der Waals surface area (Å²) >= 11 is 0. The number of rotatable bonds is 8. The van der Waals surface area contributed by atoms with Crippen molar-refractivity contribution in [2.45, 2.75) is 39.4 Å². The van der Waals surface area contributed by atoms with Crippen molar-refractivity contribution in [1.82, 2.24) is 9.97 Å². The Morgan fingerprint density at radius 2 is 0.510 bits per heavy atom. The average Bonchev–Trinajstić information content (AvgIpc) is 3.59. The molecule has 0 unspecified atom stereocenters. The number of hydrogen-bond acceptors (Lipinski definition) is 3. The van der Waals surface area contributed by atoms with Crippen LogP contribution in [0.2, 0.25) is 0 Å². The summed E-state index contributed by atoms with van der Waals surface area (Å²) in [4.78, 5) is 18.5. The van der Waals surface area contributed by atoms with E-state index >= 15 is 0 Å². The molecular formula is C46H34N2OS2. The lowest BCUT2D eigenvalue weighted by molar-refractivity contribution is 0.666. The van der Waals surface area contributed by atoms with E-state index in [-0.39, 0.29) is 0 Å². The first kappa shape index (κ1) is 31.1. The Balaban J connectivity index is 1.36. The van der Waals surface area contributed by atoms with Gasteiger partial charge in [0.1, 0.15) is 11.0 Å². The minimum Gasteiger partial charge on any atom is -0.453 e. The van der Waals surface area contributed by atoms with Crippen LogP contribution in [0.25, 0.3) is 22.2 Å². The molecule has 0 aliphatic carbocycles. The van der Waals surface area contributed by atoms with Gasteiger partial charge in [0, 0.05) is 29.4 Å². The number of benzene rings is 6. The molecule has 6 aromatic carbocycles. The van der Waals surface area contributed by atoms with Crippen LogP contribution in [0.4, 0.5) is 0 Å². The van der Waals surface area contributed by atoms with Crippen LogP contribution < -0.4 is 0 Å². The topological polar surface area (TPSA) is 38.9 Å². The van der Waals surface area contributed by atoms with Crippen LogP contribution in [-0.4, -0.2) is 9.97 Å². The van der Waals surface area contributed by atoms with E-state index < -0.39 is 20.1 Å². The maximum Gasteiger partial charge on any atom is 0.155 e. The Hall–Kier alpha value is -5.88. The Kier molecular flexibility index (Phi) is 8.00. The summed E-state index contributed by atoms with van der Waals surface area (Å²) in [5, 5.41) is 1.97. The van der Waals surface area contributed by atoms with Crippen molar-refractivity contribution in [3.8, 4) is 0 Å². The van der Waals surface area contributed by atoms with Gasteiger partial charge in [0.15, 0.2) is 11.2 Å². The predicted octanol–water partition coefficient (Wildman–Crippen LogP) is 13.1. The first-order valence-electron chi connectivity index (χ1n) is 17.0. The van der Waals surface area contributed by atoms with Crippen LogP contribution in [0.15, 0.2) is 250 Å². The Morgan fingerprint density at radius 1 is 0.275 bits per heavy atom. The fraction of sp³-hybridized carbons (Fsp3) is 0. The minimum absolute atomic E-state index is 0.723. The van der Waals surface area contributed by atoms with Crippen LogP contribution in [0, 0.1) is 0 Å². The van der Waals surface area contributed by atoms with Gasteiger partial charge in [-0.25, -0.2) is 9.97 Å². The summed E-state index contributed by atoms with van der Waals surface area (Å²) in [7, 11) is -3.98. The van der Waals surface area contributed by atoms with Gasteiger partial charge < -0.3 is 4.42 Å². The van der Waals surface area contributed by atoms with Gasteiger partial charge in [0.25, 0.3) is 0 Å². The lowest BCUT2D eigenvalue weighted by Crippen LogP contribution is -2.07. The van der Waals surface area contributed by atoms with E-state index in [1.54, 1.807) is 0 Å². The molecule has 0 N–H and O–H groups in total. The molecule has 0 saturated carbocycles. The third-order valence-corrected chi connectivity index (χ3v) is 16.9. The van der Waals surface area contributed by atoms with Crippen molar-refractivity contribution < 1.29 is 4.42 Å². The summed E-state index contributed by atoms with van der Waals surface area (Å²) in [6, 6.07) is 73.3. The second-order valence-corrected chi connectivity index (χ2v) is 18.3. The highest BCUT2D eigenvalue weighted by molar-refractivity contribution is 8.34. The molecule has 3 aromatic heterocycles. The molecule has 0 atom stereocenters. The Bertz CT molecular complexity index is 2190. The molecular weight excluding hydrogens is 661 g/mol. The molecule has 0 radical (unpaired) electrons. The third kappa shape index (κ3) is 5.08. The Labute approximate surface area is 300 Å². The van der Waals surface area contributed by atoms with E-state index in [4.69, 9.17) is 14.4 Å². The van der Waals surface area contributed by atoms with Gasteiger partial charge >= 0.3 is 0 Å². The molecule has 0 bridgehead atoms. The second-order valence-electron chi connectivity index (χ2n) is 12.2. The van der Waals surface area contributed by atoms with Crippen LogP contribution in [0.1, 0.15) is 0 Å². The molecule has 246 valence electrons. The maximum atomic E-state index is 6.52.